The molecule has 0 saturated heterocycles. The fourth-order valence-electron chi connectivity index (χ4n) is 2.40. The van der Waals surface area contributed by atoms with Crippen LogP contribution in [-0.4, -0.2) is 54.2 Å². The van der Waals surface area contributed by atoms with Gasteiger partial charge >= 0.3 is 0 Å². The molecule has 0 aliphatic rings. The third-order valence-corrected chi connectivity index (χ3v) is 8.20. The molecule has 0 aliphatic carbocycles. The lowest BCUT2D eigenvalue weighted by molar-refractivity contribution is 0.101. The molecule has 0 radical (unpaired) electrons. The molecule has 0 amide bonds. The first-order valence-corrected chi connectivity index (χ1v) is 15.3. The average Bonchev–Trinajstić information content (AvgIpc) is 2.90. The number of H-pyrrole nitrogens is 1. The Kier molecular flexibility index (Phi) is 14.6. The molecule has 0 fully saturated rings. The maximum atomic E-state index is 11.8. The molecule has 1 aromatic carbocycles. The van der Waals surface area contributed by atoms with Gasteiger partial charge in [-0.2, -0.15) is 8.42 Å². The molecule has 2 aromatic heterocycles. The van der Waals surface area contributed by atoms with Gasteiger partial charge in [0.15, 0.2) is 0 Å². The number of aliphatic hydroxyl groups is 2. The number of aromatic amines is 1. The zero-order valence-electron chi connectivity index (χ0n) is 23.9. The quantitative estimate of drug-likeness (QED) is 0.151. The fraction of sp³-hybridized carbons (Fsp3) is 0.448. The van der Waals surface area contributed by atoms with E-state index in [1.807, 2.05) is 65.2 Å². The van der Waals surface area contributed by atoms with Crippen LogP contribution in [0.1, 0.15) is 44.4 Å². The molecular formula is C29H42N2O5S3. The number of aromatic nitrogens is 2. The van der Waals surface area contributed by atoms with Crippen LogP contribution in [0.4, 0.5) is 0 Å². The number of nitrogens with zero attached hydrogens (tertiary/aromatic N) is 1. The van der Waals surface area contributed by atoms with Gasteiger partial charge in [-0.05, 0) is 61.6 Å². The zero-order valence-corrected chi connectivity index (χ0v) is 26.3. The van der Waals surface area contributed by atoms with Crippen molar-refractivity contribution in [3.63, 3.8) is 0 Å². The highest BCUT2D eigenvalue weighted by atomic mass is 32.2. The smallest absolute Gasteiger partial charge is 0.296 e. The number of nitrogens with one attached hydrogen (secondary N) is 1. The van der Waals surface area contributed by atoms with Crippen LogP contribution in [0.15, 0.2) is 70.8 Å². The van der Waals surface area contributed by atoms with E-state index < -0.39 is 15.5 Å². The Morgan fingerprint density at radius 1 is 0.872 bits per heavy atom. The second kappa shape index (κ2) is 16.2. The van der Waals surface area contributed by atoms with Crippen molar-refractivity contribution in [2.45, 2.75) is 58.4 Å². The van der Waals surface area contributed by atoms with Crippen molar-refractivity contribution < 1.29 is 22.8 Å². The molecule has 10 heteroatoms. The number of hydrogen-bond donors (Lipinski definition) is 3. The summed E-state index contributed by atoms with van der Waals surface area (Å²) in [6, 6.07) is 14.4. The normalized spacial score (nSPS) is 11.6. The minimum atomic E-state index is -3.73. The maximum Gasteiger partial charge on any atom is 0.296 e. The van der Waals surface area contributed by atoms with Gasteiger partial charge in [-0.3, -0.25) is 4.18 Å². The van der Waals surface area contributed by atoms with E-state index in [9.17, 15) is 8.42 Å². The number of aryl methyl sites for hydroxylation is 3. The van der Waals surface area contributed by atoms with Crippen molar-refractivity contribution in [2.75, 3.05) is 25.6 Å². The van der Waals surface area contributed by atoms with Crippen molar-refractivity contribution in [3.8, 4) is 0 Å². The lowest BCUT2D eigenvalue weighted by atomic mass is 9.97. The summed E-state index contributed by atoms with van der Waals surface area (Å²) in [5, 5.41) is 19.1. The highest BCUT2D eigenvalue weighted by molar-refractivity contribution is 7.99. The predicted octanol–water partition coefficient (Wildman–Crippen LogP) is 6.27. The van der Waals surface area contributed by atoms with Crippen LogP contribution in [0, 0.1) is 36.2 Å². The van der Waals surface area contributed by atoms with Crippen molar-refractivity contribution >= 4 is 34.1 Å². The number of thioether (sulfide) groups is 1. The third-order valence-electron chi connectivity index (χ3n) is 5.21. The van der Waals surface area contributed by atoms with Crippen LogP contribution in [0.2, 0.25) is 0 Å². The second-order valence-corrected chi connectivity index (χ2v) is 13.9. The second-order valence-electron chi connectivity index (χ2n) is 10.9. The molecule has 7 nitrogen and oxygen atoms in total. The van der Waals surface area contributed by atoms with E-state index in [2.05, 4.69) is 16.0 Å². The monoisotopic (exact) mass is 594 g/mol. The molecule has 216 valence electrons. The van der Waals surface area contributed by atoms with Crippen LogP contribution in [0.25, 0.3) is 0 Å². The van der Waals surface area contributed by atoms with Gasteiger partial charge in [-0.1, -0.05) is 69.7 Å². The summed E-state index contributed by atoms with van der Waals surface area (Å²) >= 11 is 6.51. The molecule has 39 heavy (non-hydrogen) atoms. The number of hydrogen-bond acceptors (Lipinski definition) is 8. The van der Waals surface area contributed by atoms with E-state index in [0.717, 1.165) is 21.0 Å². The number of pyridine rings is 2. The van der Waals surface area contributed by atoms with E-state index in [1.165, 1.54) is 23.3 Å². The minimum Gasteiger partial charge on any atom is -0.396 e. The van der Waals surface area contributed by atoms with Gasteiger partial charge in [0, 0.05) is 30.2 Å². The van der Waals surface area contributed by atoms with Crippen LogP contribution < -0.4 is 0 Å². The lowest BCUT2D eigenvalue weighted by Gasteiger charge is -2.20. The summed E-state index contributed by atoms with van der Waals surface area (Å²) in [5.74, 6) is 0.888. The van der Waals surface area contributed by atoms with Crippen LogP contribution in [0.5, 0.6) is 0 Å². The highest BCUT2D eigenvalue weighted by Crippen LogP contribution is 2.25. The molecule has 0 unspecified atom stereocenters. The first-order valence-electron chi connectivity index (χ1n) is 12.5. The van der Waals surface area contributed by atoms with Crippen LogP contribution in [0.3, 0.4) is 0 Å². The fourth-order valence-corrected chi connectivity index (χ4v) is 4.53. The Hall–Kier alpha value is -2.08. The van der Waals surface area contributed by atoms with Gasteiger partial charge in [0.25, 0.3) is 10.1 Å². The average molecular weight is 595 g/mol. The number of rotatable bonds is 9. The molecule has 3 aromatic rings. The van der Waals surface area contributed by atoms with Crippen molar-refractivity contribution in [1.82, 2.24) is 9.97 Å². The molecular weight excluding hydrogens is 553 g/mol. The molecule has 3 rings (SSSR count). The van der Waals surface area contributed by atoms with E-state index in [-0.39, 0.29) is 30.1 Å². The van der Waals surface area contributed by atoms with E-state index in [0.29, 0.717) is 0 Å². The summed E-state index contributed by atoms with van der Waals surface area (Å²) in [4.78, 5) is 7.35. The Labute approximate surface area is 243 Å². The molecule has 0 bridgehead atoms. The topological polar surface area (TPSA) is 113 Å². The summed E-state index contributed by atoms with van der Waals surface area (Å²) in [6.45, 7) is 13.5. The van der Waals surface area contributed by atoms with Gasteiger partial charge in [-0.15, -0.1) is 11.8 Å². The molecule has 0 saturated carbocycles. The predicted molar refractivity (Wildman–Crippen MR) is 162 cm³/mol. The largest absolute Gasteiger partial charge is 0.396 e. The van der Waals surface area contributed by atoms with E-state index in [1.54, 1.807) is 37.7 Å². The van der Waals surface area contributed by atoms with Gasteiger partial charge in [0.05, 0.1) is 23.1 Å². The van der Waals surface area contributed by atoms with Gasteiger partial charge in [0.2, 0.25) is 0 Å². The Morgan fingerprint density at radius 2 is 1.44 bits per heavy atom. The van der Waals surface area contributed by atoms with Gasteiger partial charge in [-0.25, -0.2) is 4.98 Å². The molecule has 0 atom stereocenters. The Bertz CT molecular complexity index is 1270. The number of aliphatic hydroxyl groups excluding tert-OH is 2. The summed E-state index contributed by atoms with van der Waals surface area (Å²) in [7, 11) is -3.73. The first-order chi connectivity index (χ1) is 18.1. The highest BCUT2D eigenvalue weighted by Gasteiger charge is 2.23. The molecule has 2 heterocycles. The molecule has 3 N–H and O–H groups in total. The van der Waals surface area contributed by atoms with Gasteiger partial charge < -0.3 is 15.2 Å². The van der Waals surface area contributed by atoms with E-state index in [4.69, 9.17) is 26.6 Å². The van der Waals surface area contributed by atoms with Crippen molar-refractivity contribution in [1.29, 1.82) is 0 Å². The number of benzene rings is 1. The summed E-state index contributed by atoms with van der Waals surface area (Å²) < 4.78 is 29.3. The standard InChI is InChI=1S/C12H18O4S.C11H17NOS.C6H7NS/c1-10-4-6-11(7-5-10)17(14,15)16-9-12(2,3)8-13;1-9-4-5-10(12-6-9)14-8-11(2,3)7-13;1-5-2-3-6(8)7-4-5/h4-7,13H,8-9H2,1-3H3;4-6,13H,7-8H2,1-3H3;2-4H,1H3,(H,7,8). The Morgan fingerprint density at radius 3 is 1.90 bits per heavy atom. The Balaban J connectivity index is 0.000000310. The third kappa shape index (κ3) is 14.8. The molecule has 0 spiro atoms. The van der Waals surface area contributed by atoms with Crippen molar-refractivity contribution in [3.05, 3.63) is 82.3 Å². The lowest BCUT2D eigenvalue weighted by Crippen LogP contribution is -2.25. The van der Waals surface area contributed by atoms with Crippen molar-refractivity contribution in [2.24, 2.45) is 10.8 Å². The maximum absolute atomic E-state index is 11.8. The van der Waals surface area contributed by atoms with E-state index >= 15 is 0 Å². The molecule has 0 aliphatic heterocycles. The SMILES string of the molecule is Cc1ccc(=S)[nH]c1.Cc1ccc(S(=O)(=O)OCC(C)(C)CO)cc1.Cc1ccc(SCC(C)(C)CO)nc1. The zero-order chi connectivity index (χ0) is 29.7. The summed E-state index contributed by atoms with van der Waals surface area (Å²) in [6.07, 6.45) is 3.76. The first kappa shape index (κ1) is 34.9. The minimum absolute atomic E-state index is 0.0305. The van der Waals surface area contributed by atoms with Gasteiger partial charge in [0.1, 0.15) is 4.64 Å². The van der Waals surface area contributed by atoms with Crippen LogP contribution in [-0.2, 0) is 14.3 Å². The summed E-state index contributed by atoms with van der Waals surface area (Å²) in [5.41, 5.74) is 2.77. The van der Waals surface area contributed by atoms with Crippen LogP contribution >= 0.6 is 24.0 Å².